The van der Waals surface area contributed by atoms with Crippen molar-refractivity contribution in [3.05, 3.63) is 29.8 Å². The molecule has 6 heteroatoms. The fourth-order valence-corrected chi connectivity index (χ4v) is 4.23. The molecular formula is C23H38O5Si. The van der Waals surface area contributed by atoms with Crippen LogP contribution in [0.4, 0.5) is 0 Å². The molecule has 1 aromatic rings. The van der Waals surface area contributed by atoms with Crippen LogP contribution in [0.3, 0.4) is 0 Å². The molecule has 4 atom stereocenters. The van der Waals surface area contributed by atoms with Crippen molar-refractivity contribution in [1.82, 2.24) is 0 Å². The van der Waals surface area contributed by atoms with Crippen molar-refractivity contribution in [2.75, 3.05) is 6.61 Å². The van der Waals surface area contributed by atoms with Gasteiger partial charge in [0.1, 0.15) is 6.10 Å². The quantitative estimate of drug-likeness (QED) is 0.431. The zero-order valence-corrected chi connectivity index (χ0v) is 20.0. The summed E-state index contributed by atoms with van der Waals surface area (Å²) in [6, 6.07) is 8.93. The highest BCUT2D eigenvalue weighted by Gasteiger charge is 2.23. The number of aliphatic hydroxyl groups excluding tert-OH is 1. The van der Waals surface area contributed by atoms with Gasteiger partial charge in [-0.05, 0) is 44.1 Å². The minimum absolute atomic E-state index is 0.270. The molecule has 0 spiro atoms. The maximum absolute atomic E-state index is 12.1. The summed E-state index contributed by atoms with van der Waals surface area (Å²) in [5, 5.41) is 10.6. The number of hydrogen-bond donors (Lipinski definition) is 1. The van der Waals surface area contributed by atoms with E-state index in [1.807, 2.05) is 0 Å². The molecule has 164 valence electrons. The van der Waals surface area contributed by atoms with Gasteiger partial charge in [-0.25, -0.2) is 9.59 Å². The number of hydrogen-bond acceptors (Lipinski definition) is 5. The largest absolute Gasteiger partial charge is 0.463 e. The van der Waals surface area contributed by atoms with Crippen molar-refractivity contribution < 1.29 is 24.2 Å². The maximum atomic E-state index is 12.1. The zero-order valence-electron chi connectivity index (χ0n) is 19.0. The highest BCUT2D eigenvalue weighted by molar-refractivity contribution is 6.88. The molecule has 0 heterocycles. The Labute approximate surface area is 176 Å². The van der Waals surface area contributed by atoms with Crippen LogP contribution in [0, 0.1) is 5.92 Å². The number of aliphatic hydroxyl groups is 1. The van der Waals surface area contributed by atoms with E-state index < -0.39 is 32.2 Å². The van der Waals surface area contributed by atoms with Gasteiger partial charge in [-0.15, -0.1) is 0 Å². The highest BCUT2D eigenvalue weighted by atomic mass is 28.3. The zero-order chi connectivity index (χ0) is 22.2. The molecule has 0 aromatic heterocycles. The van der Waals surface area contributed by atoms with E-state index in [9.17, 15) is 14.7 Å². The van der Waals surface area contributed by atoms with Crippen LogP contribution in [0.15, 0.2) is 24.3 Å². The average molecular weight is 423 g/mol. The standard InChI is InChI=1S/C23H38O5Si/c1-8-16(2)15-20(19-9-11-21(12-10-19)29(5,6)7)13-14-27-23(26)18(4)28-22(25)17(3)24/h9-12,16-18,20,24H,8,13-15H2,1-7H3. The Morgan fingerprint density at radius 1 is 1.03 bits per heavy atom. The van der Waals surface area contributed by atoms with Crippen molar-refractivity contribution in [1.29, 1.82) is 0 Å². The third-order valence-electron chi connectivity index (χ3n) is 5.31. The van der Waals surface area contributed by atoms with Crippen LogP contribution in [0.1, 0.15) is 58.4 Å². The predicted octanol–water partition coefficient (Wildman–Crippen LogP) is 4.00. The van der Waals surface area contributed by atoms with E-state index >= 15 is 0 Å². The predicted molar refractivity (Wildman–Crippen MR) is 119 cm³/mol. The van der Waals surface area contributed by atoms with Gasteiger partial charge in [0.2, 0.25) is 0 Å². The monoisotopic (exact) mass is 422 g/mol. The van der Waals surface area contributed by atoms with Gasteiger partial charge in [0.25, 0.3) is 0 Å². The van der Waals surface area contributed by atoms with Crippen molar-refractivity contribution in [2.24, 2.45) is 5.92 Å². The van der Waals surface area contributed by atoms with E-state index in [-0.39, 0.29) is 6.61 Å². The van der Waals surface area contributed by atoms with Gasteiger partial charge in [-0.1, -0.05) is 69.4 Å². The summed E-state index contributed by atoms with van der Waals surface area (Å²) in [5.74, 6) is -0.524. The number of carbonyl (C=O) groups excluding carboxylic acids is 2. The first kappa shape index (κ1) is 25.4. The summed E-state index contributed by atoms with van der Waals surface area (Å²) in [4.78, 5) is 23.5. The number of rotatable bonds is 11. The topological polar surface area (TPSA) is 72.8 Å². The van der Waals surface area contributed by atoms with E-state index in [0.717, 1.165) is 19.3 Å². The van der Waals surface area contributed by atoms with E-state index in [1.165, 1.54) is 24.6 Å². The van der Waals surface area contributed by atoms with Gasteiger partial charge in [-0.2, -0.15) is 0 Å². The fourth-order valence-electron chi connectivity index (χ4n) is 3.07. The maximum Gasteiger partial charge on any atom is 0.347 e. The molecular weight excluding hydrogens is 384 g/mol. The van der Waals surface area contributed by atoms with Crippen LogP contribution in [0.5, 0.6) is 0 Å². The first-order valence-electron chi connectivity index (χ1n) is 10.6. The molecule has 0 saturated heterocycles. The van der Waals surface area contributed by atoms with Crippen LogP contribution >= 0.6 is 0 Å². The molecule has 0 radical (unpaired) electrons. The first-order chi connectivity index (χ1) is 13.5. The summed E-state index contributed by atoms with van der Waals surface area (Å²) < 4.78 is 10.2. The van der Waals surface area contributed by atoms with E-state index in [4.69, 9.17) is 9.47 Å². The molecule has 1 aromatic carbocycles. The van der Waals surface area contributed by atoms with Crippen LogP contribution in [-0.4, -0.2) is 43.9 Å². The number of esters is 2. The SMILES string of the molecule is CCC(C)CC(CCOC(=O)C(C)OC(=O)C(C)O)c1ccc([Si](C)(C)C)cc1. The Hall–Kier alpha value is -1.66. The van der Waals surface area contributed by atoms with Crippen LogP contribution in [0.2, 0.25) is 19.6 Å². The number of ether oxygens (including phenoxy) is 2. The Bertz CT molecular complexity index is 648. The second-order valence-electron chi connectivity index (χ2n) is 9.03. The molecule has 0 amide bonds. The third-order valence-corrected chi connectivity index (χ3v) is 7.37. The fraction of sp³-hybridized carbons (Fsp3) is 0.652. The van der Waals surface area contributed by atoms with Crippen molar-refractivity contribution in [2.45, 2.75) is 84.7 Å². The summed E-state index contributed by atoms with van der Waals surface area (Å²) in [5.41, 5.74) is 1.27. The van der Waals surface area contributed by atoms with Crippen molar-refractivity contribution >= 4 is 25.2 Å². The average Bonchev–Trinajstić information content (AvgIpc) is 2.66. The van der Waals surface area contributed by atoms with E-state index in [0.29, 0.717) is 11.8 Å². The van der Waals surface area contributed by atoms with Crippen LogP contribution < -0.4 is 5.19 Å². The molecule has 29 heavy (non-hydrogen) atoms. The lowest BCUT2D eigenvalue weighted by molar-refractivity contribution is -0.171. The molecule has 0 saturated carbocycles. The van der Waals surface area contributed by atoms with Gasteiger partial charge in [0.15, 0.2) is 6.10 Å². The first-order valence-corrected chi connectivity index (χ1v) is 14.1. The summed E-state index contributed by atoms with van der Waals surface area (Å²) in [6.07, 6.45) is 0.576. The molecule has 0 aliphatic heterocycles. The molecule has 1 N–H and O–H groups in total. The molecule has 0 aliphatic carbocycles. The normalized spacial score (nSPS) is 15.9. The molecule has 1 rings (SSSR count). The summed E-state index contributed by atoms with van der Waals surface area (Å²) in [7, 11) is -1.33. The number of carbonyl (C=O) groups is 2. The van der Waals surface area contributed by atoms with Gasteiger partial charge in [0.05, 0.1) is 14.7 Å². The van der Waals surface area contributed by atoms with Crippen molar-refractivity contribution in [3.63, 3.8) is 0 Å². The Morgan fingerprint density at radius 2 is 1.62 bits per heavy atom. The van der Waals surface area contributed by atoms with Gasteiger partial charge < -0.3 is 14.6 Å². The highest BCUT2D eigenvalue weighted by Crippen LogP contribution is 2.28. The Morgan fingerprint density at radius 3 is 2.10 bits per heavy atom. The third kappa shape index (κ3) is 8.70. The minimum Gasteiger partial charge on any atom is -0.463 e. The lowest BCUT2D eigenvalue weighted by Gasteiger charge is -2.23. The van der Waals surface area contributed by atoms with Crippen LogP contribution in [-0.2, 0) is 19.1 Å². The van der Waals surface area contributed by atoms with E-state index in [2.05, 4.69) is 57.8 Å². The van der Waals surface area contributed by atoms with Gasteiger partial charge in [-0.3, -0.25) is 0 Å². The molecule has 0 fully saturated rings. The second-order valence-corrected chi connectivity index (χ2v) is 14.1. The van der Waals surface area contributed by atoms with Gasteiger partial charge in [0, 0.05) is 0 Å². The van der Waals surface area contributed by atoms with Crippen LogP contribution in [0.25, 0.3) is 0 Å². The molecule has 5 nitrogen and oxygen atoms in total. The molecule has 4 unspecified atom stereocenters. The smallest absolute Gasteiger partial charge is 0.347 e. The second kappa shape index (κ2) is 11.5. The Kier molecular flexibility index (Phi) is 10.1. The summed E-state index contributed by atoms with van der Waals surface area (Å²) in [6.45, 7) is 14.5. The van der Waals surface area contributed by atoms with Gasteiger partial charge >= 0.3 is 11.9 Å². The van der Waals surface area contributed by atoms with Crippen molar-refractivity contribution in [3.8, 4) is 0 Å². The lowest BCUT2D eigenvalue weighted by atomic mass is 9.86. The summed E-state index contributed by atoms with van der Waals surface area (Å²) >= 11 is 0. The Balaban J connectivity index is 2.72. The molecule has 0 bridgehead atoms. The van der Waals surface area contributed by atoms with E-state index in [1.54, 1.807) is 0 Å². The molecule has 0 aliphatic rings. The minimum atomic E-state index is -1.33. The lowest BCUT2D eigenvalue weighted by Crippen LogP contribution is -2.37. The number of benzene rings is 1.